The maximum absolute atomic E-state index is 13.6. The van der Waals surface area contributed by atoms with E-state index >= 15 is 0 Å². The van der Waals surface area contributed by atoms with E-state index in [4.69, 9.17) is 18.9 Å². The first-order valence-electron chi connectivity index (χ1n) is 11.6. The van der Waals surface area contributed by atoms with Crippen molar-refractivity contribution in [2.45, 2.75) is 33.3 Å². The number of carbonyl (C=O) groups is 4. The lowest BCUT2D eigenvalue weighted by Gasteiger charge is -2.37. The molecule has 0 unspecified atom stereocenters. The lowest BCUT2D eigenvalue weighted by Crippen LogP contribution is -2.51. The molecule has 0 spiro atoms. The van der Waals surface area contributed by atoms with Gasteiger partial charge in [-0.25, -0.2) is 14.4 Å². The Hall–Kier alpha value is -3.60. The summed E-state index contributed by atoms with van der Waals surface area (Å²) in [6, 6.07) is 5.21. The third-order valence-electron chi connectivity index (χ3n) is 5.79. The molecule has 2 aliphatic rings. The molecule has 0 N–H and O–H groups in total. The number of hydrogen-bond acceptors (Lipinski definition) is 9. The predicted molar refractivity (Wildman–Crippen MR) is 129 cm³/mol. The van der Waals surface area contributed by atoms with Gasteiger partial charge in [-0.1, -0.05) is 12.1 Å². The van der Waals surface area contributed by atoms with Gasteiger partial charge in [-0.15, -0.1) is 0 Å². The average Bonchev–Trinajstić information content (AvgIpc) is 2.85. The number of methoxy groups -OCH3 is 2. The van der Waals surface area contributed by atoms with Crippen molar-refractivity contribution in [2.24, 2.45) is 0 Å². The second kappa shape index (κ2) is 11.0. The quantitative estimate of drug-likeness (QED) is 0.450. The van der Waals surface area contributed by atoms with Crippen LogP contribution < -0.4 is 4.90 Å². The summed E-state index contributed by atoms with van der Waals surface area (Å²) in [5, 5.41) is 0. The maximum Gasteiger partial charge on any atom is 0.410 e. The summed E-state index contributed by atoms with van der Waals surface area (Å²) in [5.74, 6) is -1.74. The van der Waals surface area contributed by atoms with E-state index in [0.29, 0.717) is 43.0 Å². The van der Waals surface area contributed by atoms with E-state index in [-0.39, 0.29) is 30.5 Å². The second-order valence-electron chi connectivity index (χ2n) is 9.45. The molecule has 0 atom stereocenters. The van der Waals surface area contributed by atoms with E-state index in [1.54, 1.807) is 55.7 Å². The standard InChI is InChI=1S/C25H33N3O8/c1-16-8-7-9-17(21(29)26-10-12-27(13-11-26)24(32)36-25(2,3)4)19(16)28-15-35-14-18(22(30)33-5)20(28)23(31)34-6/h7-9H,10-15H2,1-6H3. The van der Waals surface area contributed by atoms with Crippen LogP contribution in [0.1, 0.15) is 36.7 Å². The molecule has 1 aromatic rings. The van der Waals surface area contributed by atoms with Gasteiger partial charge >= 0.3 is 18.0 Å². The Morgan fingerprint density at radius 2 is 1.53 bits per heavy atom. The monoisotopic (exact) mass is 503 g/mol. The van der Waals surface area contributed by atoms with Crippen molar-refractivity contribution in [2.75, 3.05) is 58.6 Å². The van der Waals surface area contributed by atoms with Crippen LogP contribution in [-0.2, 0) is 28.5 Å². The van der Waals surface area contributed by atoms with E-state index in [2.05, 4.69) is 0 Å². The molecule has 1 aromatic carbocycles. The Kier molecular flexibility index (Phi) is 8.24. The normalized spacial score (nSPS) is 16.6. The molecule has 3 rings (SSSR count). The van der Waals surface area contributed by atoms with Crippen LogP contribution in [0, 0.1) is 6.92 Å². The third-order valence-corrected chi connectivity index (χ3v) is 5.79. The number of benzene rings is 1. The molecule has 0 radical (unpaired) electrons. The Morgan fingerprint density at radius 3 is 2.11 bits per heavy atom. The number of piperazine rings is 1. The molecular weight excluding hydrogens is 470 g/mol. The summed E-state index contributed by atoms with van der Waals surface area (Å²) < 4.78 is 20.8. The zero-order valence-electron chi connectivity index (χ0n) is 21.6. The first-order chi connectivity index (χ1) is 17.0. The van der Waals surface area contributed by atoms with Crippen LogP contribution in [-0.4, -0.2) is 93.1 Å². The van der Waals surface area contributed by atoms with E-state index in [9.17, 15) is 19.2 Å². The Morgan fingerprint density at radius 1 is 0.917 bits per heavy atom. The van der Waals surface area contributed by atoms with Crippen LogP contribution in [0.4, 0.5) is 10.5 Å². The van der Waals surface area contributed by atoms with E-state index in [1.807, 2.05) is 0 Å². The molecule has 1 fully saturated rings. The van der Waals surface area contributed by atoms with Crippen LogP contribution in [0.25, 0.3) is 0 Å². The predicted octanol–water partition coefficient (Wildman–Crippen LogP) is 2.08. The molecule has 0 bridgehead atoms. The molecule has 0 aliphatic carbocycles. The number of para-hydroxylation sites is 1. The van der Waals surface area contributed by atoms with E-state index in [0.717, 1.165) is 0 Å². The molecule has 2 heterocycles. The molecule has 0 saturated carbocycles. The van der Waals surface area contributed by atoms with Crippen molar-refractivity contribution < 1.29 is 38.1 Å². The summed E-state index contributed by atoms with van der Waals surface area (Å²) in [6.07, 6.45) is -0.417. The minimum Gasteiger partial charge on any atom is -0.466 e. The van der Waals surface area contributed by atoms with Gasteiger partial charge in [-0.2, -0.15) is 0 Å². The number of esters is 2. The van der Waals surface area contributed by atoms with Crippen molar-refractivity contribution in [1.82, 2.24) is 9.80 Å². The van der Waals surface area contributed by atoms with Crippen molar-refractivity contribution in [1.29, 1.82) is 0 Å². The molecule has 0 aromatic heterocycles. The number of rotatable bonds is 4. The molecule has 2 amide bonds. The summed E-state index contributed by atoms with van der Waals surface area (Å²) in [6.45, 7) is 8.30. The highest BCUT2D eigenvalue weighted by Gasteiger charge is 2.36. The van der Waals surface area contributed by atoms with E-state index < -0.39 is 23.6 Å². The number of aryl methyl sites for hydroxylation is 1. The second-order valence-corrected chi connectivity index (χ2v) is 9.45. The SMILES string of the molecule is COC(=O)C1=C(C(=O)OC)N(c2c(C)cccc2C(=O)N2CCN(C(=O)OC(C)(C)C)CC2)COC1. The minimum atomic E-state index is -0.744. The van der Waals surface area contributed by atoms with Crippen molar-refractivity contribution >= 4 is 29.6 Å². The fraction of sp³-hybridized carbons (Fsp3) is 0.520. The van der Waals surface area contributed by atoms with Crippen LogP contribution in [0.5, 0.6) is 0 Å². The van der Waals surface area contributed by atoms with Gasteiger partial charge < -0.3 is 33.6 Å². The summed E-state index contributed by atoms with van der Waals surface area (Å²) >= 11 is 0. The molecule has 36 heavy (non-hydrogen) atoms. The zero-order chi connectivity index (χ0) is 26.6. The Bertz CT molecular complexity index is 1070. The number of hydrogen-bond donors (Lipinski definition) is 0. The smallest absolute Gasteiger partial charge is 0.410 e. The molecule has 11 heteroatoms. The molecule has 196 valence electrons. The largest absolute Gasteiger partial charge is 0.466 e. The molecule has 11 nitrogen and oxygen atoms in total. The van der Waals surface area contributed by atoms with Crippen molar-refractivity contribution in [3.63, 3.8) is 0 Å². The van der Waals surface area contributed by atoms with Gasteiger partial charge in [-0.3, -0.25) is 4.79 Å². The van der Waals surface area contributed by atoms with Crippen LogP contribution >= 0.6 is 0 Å². The highest BCUT2D eigenvalue weighted by atomic mass is 16.6. The highest BCUT2D eigenvalue weighted by molar-refractivity contribution is 6.06. The summed E-state index contributed by atoms with van der Waals surface area (Å²) in [5.41, 5.74) is 0.821. The van der Waals surface area contributed by atoms with Crippen LogP contribution in [0.15, 0.2) is 29.5 Å². The van der Waals surface area contributed by atoms with Crippen LogP contribution in [0.2, 0.25) is 0 Å². The third kappa shape index (κ3) is 5.78. The van der Waals surface area contributed by atoms with Gasteiger partial charge in [0.1, 0.15) is 18.0 Å². The van der Waals surface area contributed by atoms with E-state index in [1.165, 1.54) is 19.1 Å². The molecule has 1 saturated heterocycles. The number of amides is 2. The lowest BCUT2D eigenvalue weighted by atomic mass is 10.0. The average molecular weight is 504 g/mol. The maximum atomic E-state index is 13.6. The fourth-order valence-electron chi connectivity index (χ4n) is 4.10. The zero-order valence-corrected chi connectivity index (χ0v) is 21.6. The first kappa shape index (κ1) is 27.0. The number of anilines is 1. The van der Waals surface area contributed by atoms with Crippen molar-refractivity contribution in [3.05, 3.63) is 40.6 Å². The number of ether oxygens (including phenoxy) is 4. The van der Waals surface area contributed by atoms with Crippen LogP contribution in [0.3, 0.4) is 0 Å². The first-order valence-corrected chi connectivity index (χ1v) is 11.6. The highest BCUT2D eigenvalue weighted by Crippen LogP contribution is 2.33. The van der Waals surface area contributed by atoms with Crippen molar-refractivity contribution in [3.8, 4) is 0 Å². The topological polar surface area (TPSA) is 115 Å². The van der Waals surface area contributed by atoms with Gasteiger partial charge in [0.2, 0.25) is 0 Å². The number of carbonyl (C=O) groups excluding carboxylic acids is 4. The van der Waals surface area contributed by atoms with Gasteiger partial charge in [0.15, 0.2) is 0 Å². The number of nitrogens with zero attached hydrogens (tertiary/aromatic N) is 3. The lowest BCUT2D eigenvalue weighted by molar-refractivity contribution is -0.140. The van der Waals surface area contributed by atoms with Gasteiger partial charge in [0.25, 0.3) is 5.91 Å². The van der Waals surface area contributed by atoms with Gasteiger partial charge in [0.05, 0.1) is 37.7 Å². The fourth-order valence-corrected chi connectivity index (χ4v) is 4.10. The van der Waals surface area contributed by atoms with Gasteiger partial charge in [-0.05, 0) is 39.3 Å². The summed E-state index contributed by atoms with van der Waals surface area (Å²) in [4.78, 5) is 55.9. The molecular formula is C25H33N3O8. The minimum absolute atomic E-state index is 0.00299. The Balaban J connectivity index is 1.91. The Labute approximate surface area is 210 Å². The van der Waals surface area contributed by atoms with Gasteiger partial charge in [0, 0.05) is 26.2 Å². The summed E-state index contributed by atoms with van der Waals surface area (Å²) in [7, 11) is 2.43. The molecule has 2 aliphatic heterocycles.